The van der Waals surface area contributed by atoms with E-state index in [0.29, 0.717) is 24.6 Å². The van der Waals surface area contributed by atoms with Crippen LogP contribution in [0, 0.1) is 5.41 Å². The molecule has 1 rings (SSSR count). The Morgan fingerprint density at radius 2 is 1.53 bits per heavy atom. The van der Waals surface area contributed by atoms with Crippen LogP contribution in [0.4, 0.5) is 0 Å². The maximum Gasteiger partial charge on any atom is 0.152 e. The molecule has 1 aliphatic heterocycles. The Labute approximate surface area is 106 Å². The molecular weight excluding hydrogens is 234 g/mol. The Bertz CT molecular complexity index is 342. The monoisotopic (exact) mass is 261 g/mol. The van der Waals surface area contributed by atoms with Crippen LogP contribution in [0.3, 0.4) is 0 Å². The molecule has 1 saturated heterocycles. The van der Waals surface area contributed by atoms with Gasteiger partial charge in [0.2, 0.25) is 0 Å². The van der Waals surface area contributed by atoms with Gasteiger partial charge in [0, 0.05) is 18.6 Å². The lowest BCUT2D eigenvalue weighted by Gasteiger charge is -2.46. The first kappa shape index (κ1) is 15.0. The van der Waals surface area contributed by atoms with Gasteiger partial charge in [0.25, 0.3) is 0 Å². The largest absolute Gasteiger partial charge is 0.296 e. The zero-order chi connectivity index (χ0) is 13.3. The van der Waals surface area contributed by atoms with Crippen molar-refractivity contribution in [2.45, 2.75) is 53.0 Å². The Hall–Kier alpha value is -0.0900. The van der Waals surface area contributed by atoms with Crippen molar-refractivity contribution in [3.05, 3.63) is 0 Å². The Balaban J connectivity index is 2.75. The van der Waals surface area contributed by atoms with E-state index in [1.54, 1.807) is 0 Å². The summed E-state index contributed by atoms with van der Waals surface area (Å²) in [6.45, 7) is 12.6. The molecule has 0 N–H and O–H groups in total. The fourth-order valence-corrected chi connectivity index (χ4v) is 4.06. The standard InChI is InChI=1S/C13H27NO2S/c1-6-13(5,11-12(2,3)4)14-7-9-17(15,16)10-8-14/h6-11H2,1-5H3. The van der Waals surface area contributed by atoms with E-state index in [9.17, 15) is 8.42 Å². The van der Waals surface area contributed by atoms with E-state index in [2.05, 4.69) is 39.5 Å². The summed E-state index contributed by atoms with van der Waals surface area (Å²) in [6, 6.07) is 0. The van der Waals surface area contributed by atoms with Gasteiger partial charge in [-0.2, -0.15) is 0 Å². The highest BCUT2D eigenvalue weighted by molar-refractivity contribution is 7.91. The van der Waals surface area contributed by atoms with Gasteiger partial charge < -0.3 is 0 Å². The van der Waals surface area contributed by atoms with Crippen molar-refractivity contribution in [3.63, 3.8) is 0 Å². The second-order valence-corrected chi connectivity index (χ2v) is 9.03. The maximum atomic E-state index is 11.5. The molecule has 0 aliphatic carbocycles. The van der Waals surface area contributed by atoms with Crippen molar-refractivity contribution in [3.8, 4) is 0 Å². The second-order valence-electron chi connectivity index (χ2n) is 6.73. The number of hydrogen-bond donors (Lipinski definition) is 0. The first-order valence-corrected chi connectivity index (χ1v) is 8.36. The minimum atomic E-state index is -2.77. The van der Waals surface area contributed by atoms with Crippen LogP contribution in [0.2, 0.25) is 0 Å². The number of hydrogen-bond acceptors (Lipinski definition) is 3. The van der Waals surface area contributed by atoms with Crippen LogP contribution in [-0.4, -0.2) is 43.5 Å². The van der Waals surface area contributed by atoms with Crippen LogP contribution in [0.5, 0.6) is 0 Å². The lowest BCUT2D eigenvalue weighted by molar-refractivity contribution is 0.0660. The van der Waals surface area contributed by atoms with E-state index < -0.39 is 9.84 Å². The highest BCUT2D eigenvalue weighted by Crippen LogP contribution is 2.34. The van der Waals surface area contributed by atoms with Gasteiger partial charge in [-0.3, -0.25) is 4.90 Å². The van der Waals surface area contributed by atoms with E-state index in [0.717, 1.165) is 12.8 Å². The molecule has 1 fully saturated rings. The normalized spacial score (nSPS) is 25.5. The van der Waals surface area contributed by atoms with Gasteiger partial charge in [0.15, 0.2) is 9.84 Å². The van der Waals surface area contributed by atoms with Crippen molar-refractivity contribution in [2.24, 2.45) is 5.41 Å². The predicted octanol–water partition coefficient (Wildman–Crippen LogP) is 2.32. The molecule has 0 aromatic heterocycles. The van der Waals surface area contributed by atoms with Crippen LogP contribution in [0.1, 0.15) is 47.5 Å². The minimum Gasteiger partial charge on any atom is -0.296 e. The quantitative estimate of drug-likeness (QED) is 0.782. The Morgan fingerprint density at radius 1 is 1.06 bits per heavy atom. The van der Waals surface area contributed by atoms with Gasteiger partial charge >= 0.3 is 0 Å². The molecule has 0 aromatic carbocycles. The number of nitrogens with zero attached hydrogens (tertiary/aromatic N) is 1. The molecule has 0 aromatic rings. The maximum absolute atomic E-state index is 11.5. The molecule has 0 spiro atoms. The zero-order valence-corrected chi connectivity index (χ0v) is 12.7. The molecule has 1 atom stereocenters. The molecule has 1 heterocycles. The average Bonchev–Trinajstić information content (AvgIpc) is 2.14. The van der Waals surface area contributed by atoms with Gasteiger partial charge in [-0.15, -0.1) is 0 Å². The molecule has 0 amide bonds. The van der Waals surface area contributed by atoms with Gasteiger partial charge in [-0.25, -0.2) is 8.42 Å². The molecule has 3 nitrogen and oxygen atoms in total. The lowest BCUT2D eigenvalue weighted by Crippen LogP contribution is -2.54. The van der Waals surface area contributed by atoms with E-state index >= 15 is 0 Å². The molecule has 0 bridgehead atoms. The fourth-order valence-electron chi connectivity index (χ4n) is 2.86. The van der Waals surface area contributed by atoms with Crippen LogP contribution >= 0.6 is 0 Å². The summed E-state index contributed by atoms with van der Waals surface area (Å²) in [5.74, 6) is 0.652. The molecule has 0 radical (unpaired) electrons. The molecule has 0 saturated carbocycles. The summed E-state index contributed by atoms with van der Waals surface area (Å²) >= 11 is 0. The SMILES string of the molecule is CCC(C)(CC(C)(C)C)N1CCS(=O)(=O)CC1. The third-order valence-corrected chi connectivity index (χ3v) is 5.39. The molecular formula is C13H27NO2S. The molecule has 4 heteroatoms. The van der Waals surface area contributed by atoms with E-state index in [-0.39, 0.29) is 11.0 Å². The first-order chi connectivity index (χ1) is 7.58. The number of sulfone groups is 1. The van der Waals surface area contributed by atoms with E-state index in [4.69, 9.17) is 0 Å². The third kappa shape index (κ3) is 4.25. The highest BCUT2D eigenvalue weighted by Gasteiger charge is 2.37. The van der Waals surface area contributed by atoms with Crippen molar-refractivity contribution in [1.29, 1.82) is 0 Å². The molecule has 102 valence electrons. The van der Waals surface area contributed by atoms with E-state index in [1.165, 1.54) is 0 Å². The van der Waals surface area contributed by atoms with Crippen LogP contribution in [0.25, 0.3) is 0 Å². The van der Waals surface area contributed by atoms with Crippen LogP contribution in [-0.2, 0) is 9.84 Å². The van der Waals surface area contributed by atoms with E-state index in [1.807, 2.05) is 0 Å². The first-order valence-electron chi connectivity index (χ1n) is 6.53. The van der Waals surface area contributed by atoms with Crippen molar-refractivity contribution >= 4 is 9.84 Å². The van der Waals surface area contributed by atoms with Gasteiger partial charge in [-0.1, -0.05) is 27.7 Å². The second kappa shape index (κ2) is 4.88. The van der Waals surface area contributed by atoms with Crippen molar-refractivity contribution < 1.29 is 8.42 Å². The Morgan fingerprint density at radius 3 is 1.88 bits per heavy atom. The molecule has 17 heavy (non-hydrogen) atoms. The van der Waals surface area contributed by atoms with Crippen molar-refractivity contribution in [1.82, 2.24) is 4.90 Å². The lowest BCUT2D eigenvalue weighted by atomic mass is 9.78. The van der Waals surface area contributed by atoms with Gasteiger partial charge in [0.1, 0.15) is 0 Å². The summed E-state index contributed by atoms with van der Waals surface area (Å²) in [4.78, 5) is 2.37. The van der Waals surface area contributed by atoms with Gasteiger partial charge in [-0.05, 0) is 25.2 Å². The van der Waals surface area contributed by atoms with Crippen LogP contribution in [0.15, 0.2) is 0 Å². The van der Waals surface area contributed by atoms with Gasteiger partial charge in [0.05, 0.1) is 11.5 Å². The fraction of sp³-hybridized carbons (Fsp3) is 1.00. The predicted molar refractivity (Wildman–Crippen MR) is 73.0 cm³/mol. The van der Waals surface area contributed by atoms with Crippen LogP contribution < -0.4 is 0 Å². The van der Waals surface area contributed by atoms with Crippen molar-refractivity contribution in [2.75, 3.05) is 24.6 Å². The minimum absolute atomic E-state index is 0.133. The average molecular weight is 261 g/mol. The topological polar surface area (TPSA) is 37.4 Å². The third-order valence-electron chi connectivity index (χ3n) is 3.78. The summed E-state index contributed by atoms with van der Waals surface area (Å²) in [6.07, 6.45) is 2.18. The summed E-state index contributed by atoms with van der Waals surface area (Å²) in [5, 5.41) is 0. The number of rotatable bonds is 3. The summed E-state index contributed by atoms with van der Waals surface area (Å²) in [7, 11) is -2.77. The molecule has 1 unspecified atom stereocenters. The summed E-state index contributed by atoms with van der Waals surface area (Å²) in [5.41, 5.74) is 0.412. The molecule has 1 aliphatic rings. The Kier molecular flexibility index (Phi) is 4.30. The zero-order valence-electron chi connectivity index (χ0n) is 11.9. The highest BCUT2D eigenvalue weighted by atomic mass is 32.2. The summed E-state index contributed by atoms with van der Waals surface area (Å²) < 4.78 is 22.9. The smallest absolute Gasteiger partial charge is 0.152 e.